The number of aliphatic hydroxyl groups is 1. The number of hydrogen-bond acceptors (Lipinski definition) is 2. The van der Waals surface area contributed by atoms with Crippen molar-refractivity contribution in [2.24, 2.45) is 10.4 Å². The van der Waals surface area contributed by atoms with Crippen molar-refractivity contribution in [3.05, 3.63) is 35.4 Å². The third-order valence-corrected chi connectivity index (χ3v) is 5.09. The molecule has 1 aliphatic carbocycles. The quantitative estimate of drug-likeness (QED) is 0.340. The molecule has 5 heteroatoms. The van der Waals surface area contributed by atoms with Crippen LogP contribution in [-0.4, -0.2) is 24.2 Å². The van der Waals surface area contributed by atoms with E-state index >= 15 is 0 Å². The van der Waals surface area contributed by atoms with E-state index in [-0.39, 0.29) is 30.6 Å². The topological polar surface area (TPSA) is 56.7 Å². The van der Waals surface area contributed by atoms with Crippen molar-refractivity contribution < 1.29 is 5.11 Å². The molecular weight excluding hydrogens is 413 g/mol. The first-order valence-corrected chi connectivity index (χ1v) is 8.93. The van der Waals surface area contributed by atoms with Gasteiger partial charge in [0, 0.05) is 13.1 Å². The molecule has 0 heterocycles. The van der Waals surface area contributed by atoms with Gasteiger partial charge in [-0.2, -0.15) is 0 Å². The second kappa shape index (κ2) is 10.9. The largest absolute Gasteiger partial charge is 0.392 e. The lowest BCUT2D eigenvalue weighted by atomic mass is 9.83. The third-order valence-electron chi connectivity index (χ3n) is 5.09. The van der Waals surface area contributed by atoms with Gasteiger partial charge in [-0.3, -0.25) is 0 Å². The van der Waals surface area contributed by atoms with Gasteiger partial charge in [0.2, 0.25) is 0 Å². The van der Waals surface area contributed by atoms with Crippen LogP contribution in [0.15, 0.2) is 29.3 Å². The first-order chi connectivity index (χ1) is 11.2. The molecule has 1 aromatic rings. The maximum absolute atomic E-state index is 9.42. The van der Waals surface area contributed by atoms with Gasteiger partial charge in [-0.1, -0.05) is 44.0 Å². The van der Waals surface area contributed by atoms with E-state index in [9.17, 15) is 5.11 Å². The fraction of sp³-hybridized carbons (Fsp3) is 0.632. The van der Waals surface area contributed by atoms with Gasteiger partial charge in [-0.25, -0.2) is 4.99 Å². The average molecular weight is 445 g/mol. The van der Waals surface area contributed by atoms with E-state index in [4.69, 9.17) is 4.99 Å². The number of hydrogen-bond donors (Lipinski definition) is 3. The molecule has 3 N–H and O–H groups in total. The molecule has 0 unspecified atom stereocenters. The first-order valence-electron chi connectivity index (χ1n) is 8.93. The normalized spacial score (nSPS) is 16.5. The summed E-state index contributed by atoms with van der Waals surface area (Å²) >= 11 is 0. The fourth-order valence-electron chi connectivity index (χ4n) is 3.42. The van der Waals surface area contributed by atoms with Crippen LogP contribution in [0.1, 0.15) is 57.1 Å². The zero-order chi connectivity index (χ0) is 16.5. The summed E-state index contributed by atoms with van der Waals surface area (Å²) in [5, 5.41) is 16.3. The SMILES string of the molecule is CCNC(=NCc1ccccc1CO)NCC1(CC)CCCC1.I. The lowest BCUT2D eigenvalue weighted by Gasteiger charge is -2.28. The summed E-state index contributed by atoms with van der Waals surface area (Å²) in [5.41, 5.74) is 2.48. The molecule has 0 atom stereocenters. The smallest absolute Gasteiger partial charge is 0.191 e. The molecule has 0 amide bonds. The molecule has 0 spiro atoms. The van der Waals surface area contributed by atoms with Crippen molar-refractivity contribution in [3.8, 4) is 0 Å². The van der Waals surface area contributed by atoms with Gasteiger partial charge >= 0.3 is 0 Å². The molecule has 1 aromatic carbocycles. The number of halogens is 1. The Balaban J connectivity index is 0.00000288. The summed E-state index contributed by atoms with van der Waals surface area (Å²) in [6, 6.07) is 7.93. The zero-order valence-electron chi connectivity index (χ0n) is 15.0. The Morgan fingerprint density at radius 2 is 1.79 bits per heavy atom. The Morgan fingerprint density at radius 1 is 1.12 bits per heavy atom. The summed E-state index contributed by atoms with van der Waals surface area (Å²) < 4.78 is 0. The molecule has 0 aromatic heterocycles. The van der Waals surface area contributed by atoms with Gasteiger partial charge in [0.15, 0.2) is 5.96 Å². The number of guanidine groups is 1. The maximum atomic E-state index is 9.42. The van der Waals surface area contributed by atoms with E-state index in [2.05, 4.69) is 24.5 Å². The number of aliphatic hydroxyl groups excluding tert-OH is 1. The molecule has 1 aliphatic rings. The highest BCUT2D eigenvalue weighted by Crippen LogP contribution is 2.40. The third kappa shape index (κ3) is 5.92. The van der Waals surface area contributed by atoms with E-state index in [0.29, 0.717) is 12.0 Å². The highest BCUT2D eigenvalue weighted by atomic mass is 127. The molecule has 0 bridgehead atoms. The van der Waals surface area contributed by atoms with Crippen molar-refractivity contribution in [3.63, 3.8) is 0 Å². The van der Waals surface area contributed by atoms with E-state index < -0.39 is 0 Å². The minimum Gasteiger partial charge on any atom is -0.392 e. The lowest BCUT2D eigenvalue weighted by molar-refractivity contribution is 0.280. The van der Waals surface area contributed by atoms with Crippen LogP contribution in [0, 0.1) is 5.41 Å². The maximum Gasteiger partial charge on any atom is 0.191 e. The van der Waals surface area contributed by atoms with Crippen LogP contribution in [0.4, 0.5) is 0 Å². The van der Waals surface area contributed by atoms with E-state index in [1.807, 2.05) is 24.3 Å². The van der Waals surface area contributed by atoms with E-state index in [1.165, 1.54) is 32.1 Å². The Bertz CT molecular complexity index is 513. The molecule has 4 nitrogen and oxygen atoms in total. The Labute approximate surface area is 163 Å². The van der Waals surface area contributed by atoms with Gasteiger partial charge in [0.1, 0.15) is 0 Å². The molecule has 2 rings (SSSR count). The van der Waals surface area contributed by atoms with Crippen molar-refractivity contribution in [2.45, 2.75) is 59.1 Å². The fourth-order valence-corrected chi connectivity index (χ4v) is 3.42. The van der Waals surface area contributed by atoms with Gasteiger partial charge in [0.25, 0.3) is 0 Å². The van der Waals surface area contributed by atoms with E-state index in [0.717, 1.165) is 30.2 Å². The highest BCUT2D eigenvalue weighted by Gasteiger charge is 2.31. The zero-order valence-corrected chi connectivity index (χ0v) is 17.3. The summed E-state index contributed by atoms with van der Waals surface area (Å²) in [5.74, 6) is 0.875. The molecule has 0 aliphatic heterocycles. The summed E-state index contributed by atoms with van der Waals surface area (Å²) in [6.07, 6.45) is 6.58. The first kappa shape index (κ1) is 21.2. The van der Waals surface area contributed by atoms with Gasteiger partial charge < -0.3 is 15.7 Å². The highest BCUT2D eigenvalue weighted by molar-refractivity contribution is 14.0. The number of nitrogens with zero attached hydrogens (tertiary/aromatic N) is 1. The van der Waals surface area contributed by atoms with Crippen molar-refractivity contribution in [1.82, 2.24) is 10.6 Å². The molecule has 0 saturated heterocycles. The standard InChI is InChI=1S/C19H31N3O.HI/c1-3-19(11-7-8-12-19)15-22-18(20-4-2)21-13-16-9-5-6-10-17(16)14-23;/h5-6,9-10,23H,3-4,7-8,11-15H2,1-2H3,(H2,20,21,22);1H. The van der Waals surface area contributed by atoms with Crippen LogP contribution in [0.25, 0.3) is 0 Å². The van der Waals surface area contributed by atoms with Crippen LogP contribution >= 0.6 is 24.0 Å². The lowest BCUT2D eigenvalue weighted by Crippen LogP contribution is -2.42. The van der Waals surface area contributed by atoms with Crippen molar-refractivity contribution in [2.75, 3.05) is 13.1 Å². The molecule has 136 valence electrons. The molecule has 24 heavy (non-hydrogen) atoms. The molecule has 0 radical (unpaired) electrons. The van der Waals surface area contributed by atoms with Gasteiger partial charge in [0.05, 0.1) is 13.2 Å². The minimum absolute atomic E-state index is 0. The van der Waals surface area contributed by atoms with Crippen LogP contribution in [-0.2, 0) is 13.2 Å². The monoisotopic (exact) mass is 445 g/mol. The molecule has 1 saturated carbocycles. The van der Waals surface area contributed by atoms with Crippen LogP contribution in [0.2, 0.25) is 0 Å². The van der Waals surface area contributed by atoms with Crippen LogP contribution < -0.4 is 10.6 Å². The number of aliphatic imine (C=N–C) groups is 1. The van der Waals surface area contributed by atoms with Crippen molar-refractivity contribution >= 4 is 29.9 Å². The summed E-state index contributed by atoms with van der Waals surface area (Å²) in [6.45, 7) is 6.89. The number of rotatable bonds is 7. The second-order valence-corrected chi connectivity index (χ2v) is 6.54. The predicted octanol–water partition coefficient (Wildman–Crippen LogP) is 3.82. The van der Waals surface area contributed by atoms with Crippen LogP contribution in [0.5, 0.6) is 0 Å². The number of nitrogens with one attached hydrogen (secondary N) is 2. The summed E-state index contributed by atoms with van der Waals surface area (Å²) in [4.78, 5) is 4.70. The second-order valence-electron chi connectivity index (χ2n) is 6.54. The Kier molecular flexibility index (Phi) is 9.66. The Hall–Kier alpha value is -0.820. The molecule has 1 fully saturated rings. The predicted molar refractivity (Wildman–Crippen MR) is 112 cm³/mol. The van der Waals surface area contributed by atoms with E-state index in [1.54, 1.807) is 0 Å². The minimum atomic E-state index is 0. The average Bonchev–Trinajstić information content (AvgIpc) is 3.07. The summed E-state index contributed by atoms with van der Waals surface area (Å²) in [7, 11) is 0. The van der Waals surface area contributed by atoms with Gasteiger partial charge in [-0.05, 0) is 42.7 Å². The van der Waals surface area contributed by atoms with Crippen LogP contribution in [0.3, 0.4) is 0 Å². The van der Waals surface area contributed by atoms with Gasteiger partial charge in [-0.15, -0.1) is 24.0 Å². The van der Waals surface area contributed by atoms with Crippen molar-refractivity contribution in [1.29, 1.82) is 0 Å². The Morgan fingerprint density at radius 3 is 2.38 bits per heavy atom. The molecular formula is C19H32IN3O. The number of benzene rings is 1.